The number of halogens is 1. The number of carbonyl (C=O) groups excluding carboxylic acids is 2. The number of methoxy groups -OCH3 is 1. The summed E-state index contributed by atoms with van der Waals surface area (Å²) in [6, 6.07) is 9.38. The predicted octanol–water partition coefficient (Wildman–Crippen LogP) is 5.76. The van der Waals surface area contributed by atoms with Gasteiger partial charge in [-0.3, -0.25) is 4.79 Å². The molecule has 0 aromatic heterocycles. The standard InChI is InChI=1S/C24H28BrN3O3/c1-15-8-10-19(25)21-18(15)14-28(23(30)27-21)24(11-5-4-6-12-24)22(29)26-17-9-7-16(2)20(13-17)31-3/h7-10,13H,4-6,11-12,14H2,1-3H3,(H,26,29)(H,27,30). The van der Waals surface area contributed by atoms with Crippen molar-refractivity contribution in [3.8, 4) is 5.75 Å². The van der Waals surface area contributed by atoms with Crippen LogP contribution in [-0.4, -0.2) is 29.5 Å². The molecule has 1 heterocycles. The van der Waals surface area contributed by atoms with E-state index in [1.807, 2.05) is 44.2 Å². The van der Waals surface area contributed by atoms with Crippen LogP contribution in [0.25, 0.3) is 0 Å². The first-order valence-electron chi connectivity index (χ1n) is 10.7. The van der Waals surface area contributed by atoms with E-state index in [2.05, 4.69) is 26.6 Å². The normalized spacial score (nSPS) is 17.5. The molecule has 0 bridgehead atoms. The van der Waals surface area contributed by atoms with E-state index in [4.69, 9.17) is 4.74 Å². The topological polar surface area (TPSA) is 70.7 Å². The molecule has 0 radical (unpaired) electrons. The molecule has 1 aliphatic heterocycles. The zero-order chi connectivity index (χ0) is 22.2. The van der Waals surface area contributed by atoms with Crippen LogP contribution in [-0.2, 0) is 11.3 Å². The number of hydrogen-bond acceptors (Lipinski definition) is 3. The van der Waals surface area contributed by atoms with Gasteiger partial charge in [-0.25, -0.2) is 4.79 Å². The highest BCUT2D eigenvalue weighted by molar-refractivity contribution is 9.10. The number of nitrogens with one attached hydrogen (secondary N) is 2. The van der Waals surface area contributed by atoms with Gasteiger partial charge in [0.15, 0.2) is 0 Å². The fourth-order valence-corrected chi connectivity index (χ4v) is 5.18. The number of aryl methyl sites for hydroxylation is 2. The summed E-state index contributed by atoms with van der Waals surface area (Å²) in [6.45, 7) is 4.41. The van der Waals surface area contributed by atoms with E-state index in [0.29, 0.717) is 25.1 Å². The number of amides is 3. The van der Waals surface area contributed by atoms with Crippen molar-refractivity contribution in [2.24, 2.45) is 0 Å². The molecule has 2 aliphatic rings. The molecule has 0 unspecified atom stereocenters. The summed E-state index contributed by atoms with van der Waals surface area (Å²) < 4.78 is 6.26. The smallest absolute Gasteiger partial charge is 0.323 e. The molecule has 7 heteroatoms. The number of benzene rings is 2. The van der Waals surface area contributed by atoms with Crippen LogP contribution < -0.4 is 15.4 Å². The minimum absolute atomic E-state index is 0.135. The van der Waals surface area contributed by atoms with Gasteiger partial charge in [-0.1, -0.05) is 31.4 Å². The fraction of sp³-hybridized carbons (Fsp3) is 0.417. The zero-order valence-corrected chi connectivity index (χ0v) is 19.8. The highest BCUT2D eigenvalue weighted by Gasteiger charge is 2.48. The third-order valence-electron chi connectivity index (χ3n) is 6.58. The lowest BCUT2D eigenvalue weighted by Gasteiger charge is -2.47. The molecule has 2 aromatic carbocycles. The van der Waals surface area contributed by atoms with E-state index < -0.39 is 5.54 Å². The van der Waals surface area contributed by atoms with Crippen molar-refractivity contribution in [2.75, 3.05) is 17.7 Å². The lowest BCUT2D eigenvalue weighted by molar-refractivity contribution is -0.128. The van der Waals surface area contributed by atoms with Gasteiger partial charge in [0.05, 0.1) is 19.3 Å². The Labute approximate surface area is 191 Å². The number of ether oxygens (including phenoxy) is 1. The predicted molar refractivity (Wildman–Crippen MR) is 126 cm³/mol. The second kappa shape index (κ2) is 8.54. The van der Waals surface area contributed by atoms with E-state index in [1.165, 1.54) is 0 Å². The lowest BCUT2D eigenvalue weighted by Crippen LogP contribution is -2.61. The SMILES string of the molecule is COc1cc(NC(=O)C2(N3Cc4c(C)ccc(Br)c4NC3=O)CCCCC2)ccc1C. The third kappa shape index (κ3) is 3.91. The first kappa shape index (κ1) is 21.7. The van der Waals surface area contributed by atoms with Gasteiger partial charge in [0.2, 0.25) is 5.91 Å². The van der Waals surface area contributed by atoms with Crippen LogP contribution in [0.5, 0.6) is 5.75 Å². The Balaban J connectivity index is 1.68. The Kier molecular flexibility index (Phi) is 5.97. The highest BCUT2D eigenvalue weighted by Crippen LogP contribution is 2.41. The maximum absolute atomic E-state index is 13.7. The lowest BCUT2D eigenvalue weighted by atomic mass is 9.78. The molecule has 31 heavy (non-hydrogen) atoms. The number of urea groups is 1. The molecule has 6 nitrogen and oxygen atoms in total. The van der Waals surface area contributed by atoms with Crippen molar-refractivity contribution < 1.29 is 14.3 Å². The van der Waals surface area contributed by atoms with Gasteiger partial charge in [0, 0.05) is 16.2 Å². The molecule has 2 aromatic rings. The zero-order valence-electron chi connectivity index (χ0n) is 18.2. The van der Waals surface area contributed by atoms with Gasteiger partial charge in [-0.15, -0.1) is 0 Å². The Morgan fingerprint density at radius 3 is 2.55 bits per heavy atom. The van der Waals surface area contributed by atoms with E-state index in [-0.39, 0.29) is 11.9 Å². The van der Waals surface area contributed by atoms with Crippen molar-refractivity contribution in [3.05, 3.63) is 51.5 Å². The highest BCUT2D eigenvalue weighted by atomic mass is 79.9. The molecule has 2 N–H and O–H groups in total. The number of fused-ring (bicyclic) bond motifs is 1. The minimum Gasteiger partial charge on any atom is -0.496 e. The van der Waals surface area contributed by atoms with Gasteiger partial charge in [0.1, 0.15) is 11.3 Å². The van der Waals surface area contributed by atoms with E-state index >= 15 is 0 Å². The molecule has 3 amide bonds. The number of carbonyl (C=O) groups is 2. The number of hydrogen-bond donors (Lipinski definition) is 2. The van der Waals surface area contributed by atoms with E-state index in [0.717, 1.165) is 51.9 Å². The second-order valence-electron chi connectivity index (χ2n) is 8.46. The maximum Gasteiger partial charge on any atom is 0.323 e. The molecular weight excluding hydrogens is 458 g/mol. The van der Waals surface area contributed by atoms with Crippen LogP contribution in [0, 0.1) is 13.8 Å². The molecule has 1 fully saturated rings. The average Bonchev–Trinajstić information content (AvgIpc) is 2.77. The van der Waals surface area contributed by atoms with E-state index in [9.17, 15) is 9.59 Å². The second-order valence-corrected chi connectivity index (χ2v) is 9.32. The number of nitrogens with zero attached hydrogens (tertiary/aromatic N) is 1. The van der Waals surface area contributed by atoms with E-state index in [1.54, 1.807) is 12.0 Å². The van der Waals surface area contributed by atoms with Crippen LogP contribution >= 0.6 is 15.9 Å². The van der Waals surface area contributed by atoms with Crippen LogP contribution in [0.1, 0.15) is 48.8 Å². The summed E-state index contributed by atoms with van der Waals surface area (Å²) in [5.74, 6) is 0.588. The molecule has 0 atom stereocenters. The minimum atomic E-state index is -0.882. The maximum atomic E-state index is 13.7. The van der Waals surface area contributed by atoms with Crippen molar-refractivity contribution in [3.63, 3.8) is 0 Å². The van der Waals surface area contributed by atoms with Crippen molar-refractivity contribution >= 4 is 39.2 Å². The Morgan fingerprint density at radius 1 is 1.13 bits per heavy atom. The summed E-state index contributed by atoms with van der Waals surface area (Å²) >= 11 is 3.54. The Morgan fingerprint density at radius 2 is 1.84 bits per heavy atom. The van der Waals surface area contributed by atoms with Gasteiger partial charge in [0.25, 0.3) is 0 Å². The molecule has 1 saturated carbocycles. The first-order chi connectivity index (χ1) is 14.9. The van der Waals surface area contributed by atoms with Crippen molar-refractivity contribution in [1.29, 1.82) is 0 Å². The molecular formula is C24H28BrN3O3. The molecule has 164 valence electrons. The number of anilines is 2. The fourth-order valence-electron chi connectivity index (χ4n) is 4.71. The van der Waals surface area contributed by atoms with Crippen LogP contribution in [0.3, 0.4) is 0 Å². The third-order valence-corrected chi connectivity index (χ3v) is 7.24. The summed E-state index contributed by atoms with van der Waals surface area (Å²) in [7, 11) is 1.62. The van der Waals surface area contributed by atoms with Crippen molar-refractivity contribution in [2.45, 2.75) is 58.0 Å². The van der Waals surface area contributed by atoms with Crippen LogP contribution in [0.15, 0.2) is 34.8 Å². The van der Waals surface area contributed by atoms with Gasteiger partial charge < -0.3 is 20.3 Å². The summed E-state index contributed by atoms with van der Waals surface area (Å²) in [4.78, 5) is 28.7. The number of rotatable bonds is 4. The quantitative estimate of drug-likeness (QED) is 0.577. The van der Waals surface area contributed by atoms with Gasteiger partial charge in [-0.05, 0) is 71.4 Å². The Bertz CT molecular complexity index is 1030. The molecule has 4 rings (SSSR count). The molecule has 1 aliphatic carbocycles. The monoisotopic (exact) mass is 485 g/mol. The summed E-state index contributed by atoms with van der Waals surface area (Å²) in [5, 5.41) is 6.10. The Hall–Kier alpha value is -2.54. The largest absolute Gasteiger partial charge is 0.496 e. The average molecular weight is 486 g/mol. The molecule has 0 saturated heterocycles. The van der Waals surface area contributed by atoms with Crippen LogP contribution in [0.4, 0.5) is 16.2 Å². The summed E-state index contributed by atoms with van der Waals surface area (Å²) in [5.41, 5.74) is 3.74. The van der Waals surface area contributed by atoms with Gasteiger partial charge in [-0.2, -0.15) is 0 Å². The van der Waals surface area contributed by atoms with Crippen molar-refractivity contribution in [1.82, 2.24) is 4.90 Å². The van der Waals surface area contributed by atoms with Gasteiger partial charge >= 0.3 is 6.03 Å². The molecule has 0 spiro atoms. The summed E-state index contributed by atoms with van der Waals surface area (Å²) in [6.07, 6.45) is 4.21. The van der Waals surface area contributed by atoms with Crippen LogP contribution in [0.2, 0.25) is 0 Å². The first-order valence-corrected chi connectivity index (χ1v) is 11.5.